The lowest BCUT2D eigenvalue weighted by Crippen LogP contribution is -2.43. The minimum Gasteiger partial charge on any atom is -0.505 e. The number of rotatable bonds is 6. The molecule has 6 rings (SSSR count). The van der Waals surface area contributed by atoms with Crippen LogP contribution in [0.5, 0.6) is 11.5 Å². The molecule has 2 aliphatic rings. The van der Waals surface area contributed by atoms with Crippen molar-refractivity contribution >= 4 is 56.3 Å². The number of phenols is 1. The van der Waals surface area contributed by atoms with Crippen molar-refractivity contribution in [1.29, 1.82) is 0 Å². The number of aryl methyl sites for hydroxylation is 1. The molecule has 4 bridgehead atoms. The number of esters is 1. The van der Waals surface area contributed by atoms with Crippen LogP contribution in [0.2, 0.25) is 0 Å². The number of allylic oxidation sites excluding steroid dienone is 2. The normalized spacial score (nSPS) is 29.1. The lowest BCUT2D eigenvalue weighted by Gasteiger charge is -2.39. The van der Waals surface area contributed by atoms with E-state index in [1.807, 2.05) is 60.8 Å². The second-order valence-electron chi connectivity index (χ2n) is 17.8. The summed E-state index contributed by atoms with van der Waals surface area (Å²) in [5.74, 6) is -5.77. The van der Waals surface area contributed by atoms with Crippen molar-refractivity contribution in [3.05, 3.63) is 81.3 Å². The summed E-state index contributed by atoms with van der Waals surface area (Å²) in [5.41, 5.74) is 1.10. The van der Waals surface area contributed by atoms with Gasteiger partial charge >= 0.3 is 11.8 Å². The summed E-state index contributed by atoms with van der Waals surface area (Å²) in [5, 5.41) is 26.2. The second kappa shape index (κ2) is 18.6. The van der Waals surface area contributed by atoms with Crippen LogP contribution in [0.1, 0.15) is 83.3 Å². The summed E-state index contributed by atoms with van der Waals surface area (Å²) in [6.45, 7) is 16.4. The summed E-state index contributed by atoms with van der Waals surface area (Å²) < 4.78 is 30.7. The van der Waals surface area contributed by atoms with Crippen LogP contribution in [0.3, 0.4) is 0 Å². The van der Waals surface area contributed by atoms with E-state index < -0.39 is 58.9 Å². The van der Waals surface area contributed by atoms with Crippen molar-refractivity contribution in [2.45, 2.75) is 99.3 Å². The molecular formula is C49H61N3O11. The maximum absolute atomic E-state index is 14.7. The van der Waals surface area contributed by atoms with Gasteiger partial charge in [0, 0.05) is 49.3 Å². The summed E-state index contributed by atoms with van der Waals surface area (Å²) >= 11 is 0. The van der Waals surface area contributed by atoms with Crippen LogP contribution < -0.4 is 15.5 Å². The monoisotopic (exact) mass is 867 g/mol. The van der Waals surface area contributed by atoms with Gasteiger partial charge in [0.25, 0.3) is 11.7 Å². The molecule has 3 heterocycles. The Bertz CT molecular complexity index is 2590. The number of hydrogen-bond donors (Lipinski definition) is 3. The highest BCUT2D eigenvalue weighted by Gasteiger charge is 2.49. The number of anilines is 1. The van der Waals surface area contributed by atoms with Crippen molar-refractivity contribution in [1.82, 2.24) is 9.88 Å². The van der Waals surface area contributed by atoms with Crippen molar-refractivity contribution in [3.8, 4) is 11.5 Å². The Hall–Kier alpha value is -5.57. The first-order valence-electron chi connectivity index (χ1n) is 21.6. The van der Waals surface area contributed by atoms with E-state index in [9.17, 15) is 29.4 Å². The molecule has 0 unspecified atom stereocenters. The molecule has 14 heteroatoms. The van der Waals surface area contributed by atoms with Gasteiger partial charge in [-0.2, -0.15) is 0 Å². The molecule has 0 spiro atoms. The van der Waals surface area contributed by atoms with E-state index in [4.69, 9.17) is 28.3 Å². The SMILES string of the molecule is CO[C@H]1/C=C/O[C@@]2(C)Oc3c(C)c(=O)c4c(O)c(c5oc6cc(CCCN(C)C)ccc6nc5c4c3C2=O)NC(=O)/C(C)=C\C=C\[C@H](C)[C@H](O)[C@@H](C)[C@@H](C)[C@@H](C)[C@H](OC(C)=O)[C@@H]1C. The van der Waals surface area contributed by atoms with Gasteiger partial charge in [-0.05, 0) is 88.9 Å². The zero-order valence-corrected chi connectivity index (χ0v) is 38.3. The highest BCUT2D eigenvalue weighted by Crippen LogP contribution is 2.48. The van der Waals surface area contributed by atoms with E-state index in [2.05, 4.69) is 10.2 Å². The summed E-state index contributed by atoms with van der Waals surface area (Å²) in [6, 6.07) is 5.58. The topological polar surface area (TPSA) is 187 Å². The van der Waals surface area contributed by atoms with Crippen molar-refractivity contribution < 1.29 is 48.0 Å². The van der Waals surface area contributed by atoms with E-state index >= 15 is 0 Å². The van der Waals surface area contributed by atoms with Gasteiger partial charge in [0.2, 0.25) is 0 Å². The molecule has 0 fully saturated rings. The molecule has 3 N–H and O–H groups in total. The van der Waals surface area contributed by atoms with Gasteiger partial charge in [-0.3, -0.25) is 19.2 Å². The number of aliphatic hydroxyl groups is 1. The van der Waals surface area contributed by atoms with E-state index in [0.717, 1.165) is 24.9 Å². The number of amides is 1. The fourth-order valence-electron chi connectivity index (χ4n) is 8.82. The van der Waals surface area contributed by atoms with Gasteiger partial charge in [0.15, 0.2) is 22.3 Å². The van der Waals surface area contributed by atoms with Crippen LogP contribution in [0.25, 0.3) is 33.0 Å². The minimum atomic E-state index is -1.99. The Morgan fingerprint density at radius 3 is 2.38 bits per heavy atom. The molecule has 4 aromatic rings. The number of carbonyl (C=O) groups excluding carboxylic acids is 3. The average molecular weight is 868 g/mol. The molecular weight excluding hydrogens is 807 g/mol. The van der Waals surface area contributed by atoms with E-state index in [1.54, 1.807) is 37.3 Å². The third kappa shape index (κ3) is 9.12. The number of fused-ring (bicyclic) bond motifs is 2. The third-order valence-corrected chi connectivity index (χ3v) is 13.0. The van der Waals surface area contributed by atoms with Crippen molar-refractivity contribution in [3.63, 3.8) is 0 Å². The standard InChI is InChI=1S/C49H61N3O11/c1-24-15-13-16-25(2)48(58)51-40-43(56)37-36(39-46(40)62-35-23-32(17-14-21-52(10)11)18-19-33(35)50-39)38-45(30(7)42(37)55)63-49(9,47(38)57)60-22-20-34(59-12)29(6)44(61-31(8)53)28(5)26(3)27(4)41(24)54/h13,15-16,18-20,22-24,26-29,34,41,44,54,56H,14,17,21H2,1-12H3,(H,51,58)/b15-13+,22-20+,25-16-/t24-,26+,27-,28+,29+,34-,41-,44-,49-/m0/s1. The second-order valence-corrected chi connectivity index (χ2v) is 17.8. The molecule has 338 valence electrons. The number of phenolic OH excluding ortho intramolecular Hbond substituents is 1. The number of aliphatic hydroxyl groups excluding tert-OH is 1. The Morgan fingerprint density at radius 1 is 1.00 bits per heavy atom. The fourth-order valence-corrected chi connectivity index (χ4v) is 8.82. The van der Waals surface area contributed by atoms with Crippen LogP contribution in [-0.2, 0) is 30.2 Å². The molecule has 0 aliphatic carbocycles. The quantitative estimate of drug-likeness (QED) is 0.0739. The molecule has 0 saturated carbocycles. The number of aromatic nitrogens is 1. The molecule has 63 heavy (non-hydrogen) atoms. The zero-order chi connectivity index (χ0) is 46.2. The highest BCUT2D eigenvalue weighted by molar-refractivity contribution is 6.26. The Labute approximate surface area is 367 Å². The Kier molecular flexibility index (Phi) is 13.9. The Balaban J connectivity index is 1.58. The molecule has 14 nitrogen and oxygen atoms in total. The third-order valence-electron chi connectivity index (χ3n) is 13.0. The number of ketones is 1. The zero-order valence-electron chi connectivity index (χ0n) is 38.3. The lowest BCUT2D eigenvalue weighted by molar-refractivity contribution is -0.157. The first-order chi connectivity index (χ1) is 29.7. The van der Waals surface area contributed by atoms with Gasteiger partial charge in [-0.15, -0.1) is 0 Å². The fraction of sp³-hybridized carbons (Fsp3) is 0.490. The van der Waals surface area contributed by atoms with E-state index in [-0.39, 0.29) is 73.7 Å². The van der Waals surface area contributed by atoms with Crippen LogP contribution in [0.15, 0.2) is 63.6 Å². The van der Waals surface area contributed by atoms with E-state index in [1.165, 1.54) is 34.1 Å². The number of hydrogen-bond acceptors (Lipinski definition) is 13. The van der Waals surface area contributed by atoms with Crippen LogP contribution in [-0.4, -0.2) is 89.6 Å². The van der Waals surface area contributed by atoms with Crippen molar-refractivity contribution in [2.75, 3.05) is 33.1 Å². The minimum absolute atomic E-state index is 0.0183. The molecule has 0 radical (unpaired) electrons. The molecule has 9 atom stereocenters. The number of ether oxygens (including phenoxy) is 4. The van der Waals surface area contributed by atoms with Crippen molar-refractivity contribution in [2.24, 2.45) is 29.6 Å². The summed E-state index contributed by atoms with van der Waals surface area (Å²) in [4.78, 5) is 62.6. The summed E-state index contributed by atoms with van der Waals surface area (Å²) in [6.07, 6.45) is 7.48. The largest absolute Gasteiger partial charge is 0.505 e. The molecule has 1 amide bonds. The van der Waals surface area contributed by atoms with Crippen LogP contribution >= 0.6 is 0 Å². The number of aromatic hydroxyl groups is 1. The predicted octanol–water partition coefficient (Wildman–Crippen LogP) is 7.77. The number of carbonyl (C=O) groups is 3. The van der Waals surface area contributed by atoms with Crippen LogP contribution in [0, 0.1) is 36.5 Å². The van der Waals surface area contributed by atoms with Gasteiger partial charge in [-0.1, -0.05) is 58.9 Å². The highest BCUT2D eigenvalue weighted by atomic mass is 16.7. The summed E-state index contributed by atoms with van der Waals surface area (Å²) in [7, 11) is 5.53. The Morgan fingerprint density at radius 2 is 1.71 bits per heavy atom. The lowest BCUT2D eigenvalue weighted by atomic mass is 9.73. The average Bonchev–Trinajstić information content (AvgIpc) is 3.50. The molecule has 3 aromatic carbocycles. The number of benzene rings is 3. The van der Waals surface area contributed by atoms with Gasteiger partial charge in [0.05, 0.1) is 29.4 Å². The number of methoxy groups -OCH3 is 1. The van der Waals surface area contributed by atoms with Crippen LogP contribution in [0.4, 0.5) is 5.69 Å². The predicted molar refractivity (Wildman–Crippen MR) is 242 cm³/mol. The van der Waals surface area contributed by atoms with Gasteiger partial charge in [0.1, 0.15) is 28.6 Å². The molecule has 0 saturated heterocycles. The van der Waals surface area contributed by atoms with Gasteiger partial charge in [-0.25, -0.2) is 4.98 Å². The number of nitrogens with zero attached hydrogens (tertiary/aromatic N) is 2. The maximum Gasteiger partial charge on any atom is 0.312 e. The maximum atomic E-state index is 14.7. The first-order valence-corrected chi connectivity index (χ1v) is 21.6. The first kappa shape index (κ1) is 46.9. The smallest absolute Gasteiger partial charge is 0.312 e. The molecule has 1 aromatic heterocycles. The van der Waals surface area contributed by atoms with Gasteiger partial charge < -0.3 is 43.8 Å². The van der Waals surface area contributed by atoms with E-state index in [0.29, 0.717) is 11.1 Å². The molecule has 2 aliphatic heterocycles. The number of Topliss-reactive ketones (excluding diaryl/α,β-unsaturated/α-hetero) is 1. The number of nitrogens with one attached hydrogen (secondary N) is 1.